The van der Waals surface area contributed by atoms with Crippen molar-refractivity contribution in [2.45, 2.75) is 11.8 Å². The van der Waals surface area contributed by atoms with E-state index in [0.29, 0.717) is 11.4 Å². The van der Waals surface area contributed by atoms with Crippen LogP contribution >= 0.6 is 12.2 Å². The van der Waals surface area contributed by atoms with Crippen molar-refractivity contribution in [2.24, 2.45) is 0 Å². The molecule has 0 atom stereocenters. The zero-order valence-electron chi connectivity index (χ0n) is 17.4. The first-order valence-electron chi connectivity index (χ1n) is 9.49. The molecule has 1 amide bonds. The van der Waals surface area contributed by atoms with Crippen LogP contribution in [-0.2, 0) is 10.0 Å². The smallest absolute Gasteiger partial charge is 0.269 e. The van der Waals surface area contributed by atoms with Crippen LogP contribution < -0.4 is 25.6 Å². The molecule has 0 fully saturated rings. The highest BCUT2D eigenvalue weighted by Gasteiger charge is 2.18. The van der Waals surface area contributed by atoms with E-state index in [4.69, 9.17) is 17.0 Å². The van der Waals surface area contributed by atoms with Crippen molar-refractivity contribution in [3.63, 3.8) is 0 Å². The third-order valence-corrected chi connectivity index (χ3v) is 6.01. The standard InChI is InChI=1S/C22H22N4O4S2/c1-15-8-3-4-11-18(15)23-22(31)25-24-21(27)16-9-7-10-17(14-16)32(28,29)26-19-12-5-6-13-20(19)30-2/h3-14,26H,1-2H3,(H,24,27)(H2,23,25,31). The molecule has 10 heteroatoms. The second-order valence-corrected chi connectivity index (χ2v) is 8.77. The molecule has 0 saturated carbocycles. The molecule has 0 radical (unpaired) electrons. The predicted molar refractivity (Wildman–Crippen MR) is 128 cm³/mol. The Morgan fingerprint density at radius 1 is 0.906 bits per heavy atom. The van der Waals surface area contributed by atoms with Crippen LogP contribution in [0.25, 0.3) is 0 Å². The first kappa shape index (κ1) is 23.0. The minimum Gasteiger partial charge on any atom is -0.495 e. The largest absolute Gasteiger partial charge is 0.495 e. The number of amides is 1. The number of para-hydroxylation sites is 3. The Bertz CT molecular complexity index is 1250. The fraction of sp³-hybridized carbons (Fsp3) is 0.0909. The molecular formula is C22H22N4O4S2. The summed E-state index contributed by atoms with van der Waals surface area (Å²) in [4.78, 5) is 12.4. The van der Waals surface area contributed by atoms with Crippen LogP contribution in [0.2, 0.25) is 0 Å². The number of nitrogens with one attached hydrogen (secondary N) is 4. The SMILES string of the molecule is COc1ccccc1NS(=O)(=O)c1cccc(C(=O)NNC(=S)Nc2ccccc2C)c1. The van der Waals surface area contributed by atoms with Gasteiger partial charge in [-0.3, -0.25) is 20.4 Å². The van der Waals surface area contributed by atoms with E-state index >= 15 is 0 Å². The molecular weight excluding hydrogens is 448 g/mol. The Hall–Kier alpha value is -3.63. The second kappa shape index (κ2) is 10.1. The lowest BCUT2D eigenvalue weighted by Crippen LogP contribution is -2.43. The molecule has 166 valence electrons. The molecule has 3 rings (SSSR count). The van der Waals surface area contributed by atoms with E-state index < -0.39 is 15.9 Å². The van der Waals surface area contributed by atoms with Crippen molar-refractivity contribution in [2.75, 3.05) is 17.1 Å². The first-order chi connectivity index (χ1) is 15.3. The number of anilines is 2. The molecule has 0 heterocycles. The lowest BCUT2D eigenvalue weighted by Gasteiger charge is -2.14. The number of hydrazine groups is 1. The van der Waals surface area contributed by atoms with Crippen LogP contribution in [0.5, 0.6) is 5.75 Å². The lowest BCUT2D eigenvalue weighted by atomic mass is 10.2. The Kier molecular flexibility index (Phi) is 7.29. The normalized spacial score (nSPS) is 10.7. The van der Waals surface area contributed by atoms with Crippen LogP contribution in [0.4, 0.5) is 11.4 Å². The second-order valence-electron chi connectivity index (χ2n) is 6.68. The number of sulfonamides is 1. The number of thiocarbonyl (C=S) groups is 1. The maximum absolute atomic E-state index is 12.8. The van der Waals surface area contributed by atoms with Gasteiger partial charge in [-0.1, -0.05) is 36.4 Å². The van der Waals surface area contributed by atoms with Crippen molar-refractivity contribution in [3.05, 3.63) is 83.9 Å². The molecule has 0 unspecified atom stereocenters. The number of carbonyl (C=O) groups excluding carboxylic acids is 1. The van der Waals surface area contributed by atoms with Gasteiger partial charge in [-0.25, -0.2) is 8.42 Å². The zero-order chi connectivity index (χ0) is 23.1. The molecule has 0 spiro atoms. The molecule has 0 aliphatic carbocycles. The van der Waals surface area contributed by atoms with Gasteiger partial charge in [0.2, 0.25) is 0 Å². The van der Waals surface area contributed by atoms with Gasteiger partial charge in [-0.15, -0.1) is 0 Å². The van der Waals surface area contributed by atoms with Crippen LogP contribution in [0, 0.1) is 6.92 Å². The molecule has 0 aromatic heterocycles. The molecule has 4 N–H and O–H groups in total. The minimum absolute atomic E-state index is 0.0725. The molecule has 0 aliphatic rings. The number of ether oxygens (including phenoxy) is 1. The summed E-state index contributed by atoms with van der Waals surface area (Å²) in [6, 6.07) is 19.8. The summed E-state index contributed by atoms with van der Waals surface area (Å²) in [6.07, 6.45) is 0. The van der Waals surface area contributed by atoms with Crippen LogP contribution in [0.1, 0.15) is 15.9 Å². The monoisotopic (exact) mass is 470 g/mol. The number of aryl methyl sites for hydroxylation is 1. The van der Waals surface area contributed by atoms with E-state index in [2.05, 4.69) is 20.9 Å². The minimum atomic E-state index is -3.95. The topological polar surface area (TPSA) is 109 Å². The van der Waals surface area contributed by atoms with Gasteiger partial charge in [0.1, 0.15) is 5.75 Å². The molecule has 0 saturated heterocycles. The molecule has 0 bridgehead atoms. The van der Waals surface area contributed by atoms with Gasteiger partial charge in [0.25, 0.3) is 15.9 Å². The van der Waals surface area contributed by atoms with E-state index in [9.17, 15) is 13.2 Å². The molecule has 8 nitrogen and oxygen atoms in total. The summed E-state index contributed by atoms with van der Waals surface area (Å²) in [5.41, 5.74) is 7.29. The Morgan fingerprint density at radius 3 is 2.31 bits per heavy atom. The highest BCUT2D eigenvalue weighted by Crippen LogP contribution is 2.26. The number of benzene rings is 3. The Labute approximate surface area is 192 Å². The van der Waals surface area contributed by atoms with E-state index in [1.165, 1.54) is 31.4 Å². The number of rotatable bonds is 6. The van der Waals surface area contributed by atoms with Gasteiger partial charge in [0.15, 0.2) is 5.11 Å². The van der Waals surface area contributed by atoms with Crippen molar-refractivity contribution >= 4 is 44.6 Å². The molecule has 3 aromatic rings. The van der Waals surface area contributed by atoms with Crippen molar-refractivity contribution < 1.29 is 17.9 Å². The summed E-state index contributed by atoms with van der Waals surface area (Å²) >= 11 is 5.19. The Morgan fingerprint density at radius 2 is 1.59 bits per heavy atom. The molecule has 0 aliphatic heterocycles. The lowest BCUT2D eigenvalue weighted by molar-refractivity contribution is 0.0944. The van der Waals surface area contributed by atoms with Crippen molar-refractivity contribution in [1.29, 1.82) is 0 Å². The molecule has 32 heavy (non-hydrogen) atoms. The highest BCUT2D eigenvalue weighted by atomic mass is 32.2. The summed E-state index contributed by atoms with van der Waals surface area (Å²) in [7, 11) is -2.50. The summed E-state index contributed by atoms with van der Waals surface area (Å²) in [6.45, 7) is 1.93. The highest BCUT2D eigenvalue weighted by molar-refractivity contribution is 7.92. The number of hydrogen-bond donors (Lipinski definition) is 4. The Balaban J connectivity index is 1.67. The van der Waals surface area contributed by atoms with Crippen LogP contribution in [0.3, 0.4) is 0 Å². The summed E-state index contributed by atoms with van der Waals surface area (Å²) in [5.74, 6) is -0.169. The maximum Gasteiger partial charge on any atom is 0.269 e. The van der Waals surface area contributed by atoms with Crippen LogP contribution in [-0.4, -0.2) is 26.5 Å². The van der Waals surface area contributed by atoms with Gasteiger partial charge in [0.05, 0.1) is 17.7 Å². The van der Waals surface area contributed by atoms with E-state index in [-0.39, 0.29) is 15.6 Å². The fourth-order valence-electron chi connectivity index (χ4n) is 2.79. The quantitative estimate of drug-likeness (QED) is 0.323. The van der Waals surface area contributed by atoms with Gasteiger partial charge in [0, 0.05) is 11.3 Å². The van der Waals surface area contributed by atoms with Gasteiger partial charge >= 0.3 is 0 Å². The summed E-state index contributed by atoms with van der Waals surface area (Å²) in [5, 5.41) is 3.17. The average Bonchev–Trinajstić information content (AvgIpc) is 2.79. The first-order valence-corrected chi connectivity index (χ1v) is 11.4. The molecule has 3 aromatic carbocycles. The third kappa shape index (κ3) is 5.74. The van der Waals surface area contributed by atoms with Crippen molar-refractivity contribution in [3.8, 4) is 5.75 Å². The van der Waals surface area contributed by atoms with Crippen LogP contribution in [0.15, 0.2) is 77.7 Å². The zero-order valence-corrected chi connectivity index (χ0v) is 19.0. The number of carbonyl (C=O) groups is 1. The fourth-order valence-corrected chi connectivity index (χ4v) is 4.07. The van der Waals surface area contributed by atoms with Crippen molar-refractivity contribution in [1.82, 2.24) is 10.9 Å². The maximum atomic E-state index is 12.8. The predicted octanol–water partition coefficient (Wildman–Crippen LogP) is 3.44. The average molecular weight is 471 g/mol. The van der Waals surface area contributed by atoms with Gasteiger partial charge < -0.3 is 10.1 Å². The summed E-state index contributed by atoms with van der Waals surface area (Å²) < 4.78 is 33.2. The van der Waals surface area contributed by atoms with E-state index in [1.54, 1.807) is 24.3 Å². The number of hydrogen-bond acceptors (Lipinski definition) is 5. The van der Waals surface area contributed by atoms with Gasteiger partial charge in [-0.05, 0) is 61.1 Å². The third-order valence-electron chi connectivity index (χ3n) is 4.44. The van der Waals surface area contributed by atoms with E-state index in [0.717, 1.165) is 11.3 Å². The van der Waals surface area contributed by atoms with Gasteiger partial charge in [-0.2, -0.15) is 0 Å². The van der Waals surface area contributed by atoms with E-state index in [1.807, 2.05) is 31.2 Å². The number of methoxy groups -OCH3 is 1.